The maximum Gasteiger partial charge on any atom is 0.191 e. The smallest absolute Gasteiger partial charge is 0.191 e. The molecule has 4 atom stereocenters. The van der Waals surface area contributed by atoms with E-state index in [0.29, 0.717) is 24.0 Å². The molecule has 1 aliphatic heterocycles. The maximum atomic E-state index is 6.09. The Kier molecular flexibility index (Phi) is 5.67. The second-order valence-electron chi connectivity index (χ2n) is 8.52. The van der Waals surface area contributed by atoms with Crippen molar-refractivity contribution in [3.8, 4) is 0 Å². The van der Waals surface area contributed by atoms with E-state index in [0.717, 1.165) is 25.5 Å². The van der Waals surface area contributed by atoms with Crippen LogP contribution in [0.15, 0.2) is 35.3 Å². The first kappa shape index (κ1) is 18.2. The van der Waals surface area contributed by atoms with Crippen molar-refractivity contribution in [2.45, 2.75) is 58.1 Å². The van der Waals surface area contributed by atoms with Gasteiger partial charge in [0.15, 0.2) is 5.96 Å². The Bertz CT molecular complexity index is 579. The molecular formula is C21H33N3O. The summed E-state index contributed by atoms with van der Waals surface area (Å²) in [7, 11) is 1.86. The Labute approximate surface area is 152 Å². The van der Waals surface area contributed by atoms with Gasteiger partial charge >= 0.3 is 0 Å². The molecule has 0 radical (unpaired) electrons. The maximum absolute atomic E-state index is 6.09. The van der Waals surface area contributed by atoms with Gasteiger partial charge in [-0.1, -0.05) is 51.1 Å². The molecule has 1 saturated heterocycles. The first-order chi connectivity index (χ1) is 12.0. The predicted molar refractivity (Wildman–Crippen MR) is 104 cm³/mol. The summed E-state index contributed by atoms with van der Waals surface area (Å²) in [5.74, 6) is 2.07. The molecule has 1 aliphatic carbocycles. The van der Waals surface area contributed by atoms with Crippen LogP contribution < -0.4 is 10.6 Å². The van der Waals surface area contributed by atoms with E-state index >= 15 is 0 Å². The van der Waals surface area contributed by atoms with Gasteiger partial charge in [-0.05, 0) is 30.2 Å². The van der Waals surface area contributed by atoms with Crippen molar-refractivity contribution >= 4 is 5.96 Å². The largest absolute Gasteiger partial charge is 0.377 e. The zero-order valence-corrected chi connectivity index (χ0v) is 16.1. The van der Waals surface area contributed by atoms with Gasteiger partial charge in [-0.3, -0.25) is 4.99 Å². The van der Waals surface area contributed by atoms with Crippen LogP contribution in [0.2, 0.25) is 0 Å². The molecule has 0 bridgehead atoms. The lowest BCUT2D eigenvalue weighted by molar-refractivity contribution is -0.0835. The molecule has 2 aliphatic rings. The quantitative estimate of drug-likeness (QED) is 0.649. The molecule has 4 unspecified atom stereocenters. The van der Waals surface area contributed by atoms with Gasteiger partial charge in [0.25, 0.3) is 0 Å². The molecule has 0 amide bonds. The number of guanidine groups is 1. The van der Waals surface area contributed by atoms with E-state index in [2.05, 4.69) is 66.7 Å². The summed E-state index contributed by atoms with van der Waals surface area (Å²) in [5, 5.41) is 7.12. The monoisotopic (exact) mass is 343 g/mol. The van der Waals surface area contributed by atoms with Crippen molar-refractivity contribution in [1.29, 1.82) is 0 Å². The first-order valence-electron chi connectivity index (χ1n) is 9.63. The third-order valence-electron chi connectivity index (χ3n) is 5.39. The van der Waals surface area contributed by atoms with Crippen molar-refractivity contribution in [3.05, 3.63) is 35.9 Å². The Morgan fingerprint density at radius 3 is 2.68 bits per heavy atom. The number of nitrogens with one attached hydrogen (secondary N) is 2. The standard InChI is InChI=1S/C21H33N3O/c1-21(2,3)19-16(11-8-12-25-19)14-23-20(22-4)24-18-13-17(18)15-9-6-5-7-10-15/h5-7,9-10,16-19H,8,11-14H2,1-4H3,(H2,22,23,24). The van der Waals surface area contributed by atoms with E-state index in [4.69, 9.17) is 4.74 Å². The molecule has 4 heteroatoms. The topological polar surface area (TPSA) is 45.7 Å². The van der Waals surface area contributed by atoms with E-state index in [9.17, 15) is 0 Å². The number of ether oxygens (including phenoxy) is 1. The molecule has 3 rings (SSSR count). The molecule has 2 N–H and O–H groups in total. The van der Waals surface area contributed by atoms with Crippen molar-refractivity contribution in [2.24, 2.45) is 16.3 Å². The SMILES string of the molecule is CN=C(NCC1CCCOC1C(C)(C)C)NC1CC1c1ccccc1. The Balaban J connectivity index is 1.50. The number of rotatable bonds is 4. The molecule has 1 heterocycles. The van der Waals surface area contributed by atoms with Gasteiger partial charge < -0.3 is 15.4 Å². The van der Waals surface area contributed by atoms with Crippen molar-refractivity contribution in [1.82, 2.24) is 10.6 Å². The van der Waals surface area contributed by atoms with Gasteiger partial charge in [-0.2, -0.15) is 0 Å². The Morgan fingerprint density at radius 1 is 1.24 bits per heavy atom. The van der Waals surface area contributed by atoms with Crippen LogP contribution in [0, 0.1) is 11.3 Å². The lowest BCUT2D eigenvalue weighted by atomic mass is 9.78. The average molecular weight is 344 g/mol. The predicted octanol–water partition coefficient (Wildman–Crippen LogP) is 3.55. The number of hydrogen-bond acceptors (Lipinski definition) is 2. The van der Waals surface area contributed by atoms with Crippen LogP contribution in [-0.2, 0) is 4.74 Å². The molecule has 0 aromatic heterocycles. The first-order valence-corrected chi connectivity index (χ1v) is 9.63. The Morgan fingerprint density at radius 2 is 2.00 bits per heavy atom. The summed E-state index contributed by atoms with van der Waals surface area (Å²) in [5.41, 5.74) is 1.60. The zero-order valence-electron chi connectivity index (χ0n) is 16.1. The van der Waals surface area contributed by atoms with Gasteiger partial charge in [-0.15, -0.1) is 0 Å². The minimum absolute atomic E-state index is 0.179. The summed E-state index contributed by atoms with van der Waals surface area (Å²) in [4.78, 5) is 4.42. The van der Waals surface area contributed by atoms with Crippen LogP contribution in [0.1, 0.15) is 51.5 Å². The fourth-order valence-corrected chi connectivity index (χ4v) is 4.03. The summed E-state index contributed by atoms with van der Waals surface area (Å²) >= 11 is 0. The molecule has 0 spiro atoms. The fourth-order valence-electron chi connectivity index (χ4n) is 4.03. The molecule has 1 aromatic carbocycles. The van der Waals surface area contributed by atoms with E-state index in [1.54, 1.807) is 0 Å². The molecule has 4 nitrogen and oxygen atoms in total. The van der Waals surface area contributed by atoms with Crippen LogP contribution in [0.25, 0.3) is 0 Å². The van der Waals surface area contributed by atoms with Crippen molar-refractivity contribution < 1.29 is 4.74 Å². The average Bonchev–Trinajstić information content (AvgIpc) is 3.38. The number of aliphatic imine (C=N–C) groups is 1. The molecule has 25 heavy (non-hydrogen) atoms. The van der Waals surface area contributed by atoms with Crippen LogP contribution >= 0.6 is 0 Å². The summed E-state index contributed by atoms with van der Waals surface area (Å²) in [6, 6.07) is 11.2. The third-order valence-corrected chi connectivity index (χ3v) is 5.39. The van der Waals surface area contributed by atoms with E-state index in [1.165, 1.54) is 18.4 Å². The molecule has 138 valence electrons. The lowest BCUT2D eigenvalue weighted by Gasteiger charge is -2.40. The minimum atomic E-state index is 0.179. The van der Waals surface area contributed by atoms with E-state index in [1.807, 2.05) is 7.05 Å². The normalized spacial score (nSPS) is 30.0. The summed E-state index contributed by atoms with van der Waals surface area (Å²) in [6.45, 7) is 8.64. The molecule has 1 aromatic rings. The van der Waals surface area contributed by atoms with Crippen LogP contribution in [-0.4, -0.2) is 38.3 Å². The highest BCUT2D eigenvalue weighted by atomic mass is 16.5. The van der Waals surface area contributed by atoms with Crippen LogP contribution in [0.5, 0.6) is 0 Å². The number of benzene rings is 1. The summed E-state index contributed by atoms with van der Waals surface area (Å²) in [6.07, 6.45) is 3.87. The van der Waals surface area contributed by atoms with Gasteiger partial charge in [-0.25, -0.2) is 0 Å². The zero-order chi connectivity index (χ0) is 17.9. The molecule has 1 saturated carbocycles. The van der Waals surface area contributed by atoms with E-state index < -0.39 is 0 Å². The Hall–Kier alpha value is -1.55. The van der Waals surface area contributed by atoms with Gasteiger partial charge in [0.1, 0.15) is 0 Å². The second-order valence-corrected chi connectivity index (χ2v) is 8.52. The second kappa shape index (κ2) is 7.77. The van der Waals surface area contributed by atoms with Crippen molar-refractivity contribution in [2.75, 3.05) is 20.2 Å². The van der Waals surface area contributed by atoms with Crippen molar-refractivity contribution in [3.63, 3.8) is 0 Å². The highest BCUT2D eigenvalue weighted by Gasteiger charge is 2.39. The third kappa shape index (κ3) is 4.75. The van der Waals surface area contributed by atoms with Crippen LogP contribution in [0.4, 0.5) is 0 Å². The minimum Gasteiger partial charge on any atom is -0.377 e. The van der Waals surface area contributed by atoms with Gasteiger partial charge in [0, 0.05) is 38.1 Å². The fraction of sp³-hybridized carbons (Fsp3) is 0.667. The highest BCUT2D eigenvalue weighted by Crippen LogP contribution is 2.40. The number of nitrogens with zero attached hydrogens (tertiary/aromatic N) is 1. The summed E-state index contributed by atoms with van der Waals surface area (Å²) < 4.78 is 6.09. The van der Waals surface area contributed by atoms with Crippen LogP contribution in [0.3, 0.4) is 0 Å². The highest BCUT2D eigenvalue weighted by molar-refractivity contribution is 5.80. The molecular weight excluding hydrogens is 310 g/mol. The molecule has 2 fully saturated rings. The van der Waals surface area contributed by atoms with Gasteiger partial charge in [0.05, 0.1) is 6.10 Å². The number of hydrogen-bond donors (Lipinski definition) is 2. The lowest BCUT2D eigenvalue weighted by Crippen LogP contribution is -2.48. The van der Waals surface area contributed by atoms with E-state index in [-0.39, 0.29) is 5.41 Å². The van der Waals surface area contributed by atoms with Gasteiger partial charge in [0.2, 0.25) is 0 Å².